The zero-order valence-electron chi connectivity index (χ0n) is 26.2. The fraction of sp³-hybridized carbons (Fsp3) is 0.515. The molecule has 0 aromatic heterocycles. The van der Waals surface area contributed by atoms with Gasteiger partial charge in [0.2, 0.25) is 17.7 Å². The number of hydrogen-bond acceptors (Lipinski definition) is 6. The maximum absolute atomic E-state index is 14.2. The largest absolute Gasteiger partial charge is 0.444 e. The van der Waals surface area contributed by atoms with Crippen LogP contribution in [0.1, 0.15) is 51.7 Å². The van der Waals surface area contributed by atoms with Crippen LogP contribution in [-0.4, -0.2) is 93.6 Å². The quantitative estimate of drug-likeness (QED) is 0.417. The summed E-state index contributed by atoms with van der Waals surface area (Å²) in [5.41, 5.74) is 0.0655. The van der Waals surface area contributed by atoms with E-state index in [2.05, 4.69) is 5.32 Å². The topological polar surface area (TPSA) is 119 Å². The van der Waals surface area contributed by atoms with E-state index in [1.54, 1.807) is 25.7 Å². The van der Waals surface area contributed by atoms with Crippen molar-refractivity contribution in [2.45, 2.75) is 77.3 Å². The van der Waals surface area contributed by atoms with E-state index in [1.165, 1.54) is 4.90 Å². The average molecular weight is 629 g/mol. The fourth-order valence-electron chi connectivity index (χ4n) is 5.81. The second-order valence-electron chi connectivity index (χ2n) is 12.7. The summed E-state index contributed by atoms with van der Waals surface area (Å²) in [7, 11) is 0. The van der Waals surface area contributed by atoms with Crippen molar-refractivity contribution >= 4 is 23.8 Å². The molecule has 4 amide bonds. The van der Waals surface area contributed by atoms with Crippen LogP contribution in [0.4, 0.5) is 13.6 Å². The first-order valence-corrected chi connectivity index (χ1v) is 15.3. The number of aliphatic hydroxyl groups is 1. The van der Waals surface area contributed by atoms with E-state index in [1.807, 2.05) is 37.3 Å². The minimum atomic E-state index is -1.71. The van der Waals surface area contributed by atoms with Crippen LogP contribution in [0, 0.1) is 17.6 Å². The average Bonchev–Trinajstić information content (AvgIpc) is 3.32. The molecule has 2 aliphatic rings. The summed E-state index contributed by atoms with van der Waals surface area (Å²) in [4.78, 5) is 57.7. The van der Waals surface area contributed by atoms with Gasteiger partial charge in [0.15, 0.2) is 0 Å². The number of halogens is 2. The standard InChI is InChI=1S/C33H42F2N4O6/c1-5-11-37-20-23(17-27(37)40)30(42)36-26(16-22-14-24(34)18-25(35)15-22)29(41)28-31(43)38(19-21-9-7-6-8-10-21)12-13-39(28)32(44)45-33(2,3)4/h6-10,14-15,18,23,26,28-29,41H,5,11-13,16-17,19-20H2,1-4H3,(H,36,42)/t23?,26?,28-,29-/m0/s1. The van der Waals surface area contributed by atoms with Crippen molar-refractivity contribution in [1.29, 1.82) is 0 Å². The lowest BCUT2D eigenvalue weighted by atomic mass is 9.92. The first kappa shape index (κ1) is 33.8. The van der Waals surface area contributed by atoms with Crippen molar-refractivity contribution in [3.63, 3.8) is 0 Å². The van der Waals surface area contributed by atoms with E-state index >= 15 is 0 Å². The second-order valence-corrected chi connectivity index (χ2v) is 12.7. The second kappa shape index (κ2) is 14.4. The summed E-state index contributed by atoms with van der Waals surface area (Å²) in [5.74, 6) is -3.70. The lowest BCUT2D eigenvalue weighted by Crippen LogP contribution is -2.66. The van der Waals surface area contributed by atoms with Crippen molar-refractivity contribution in [2.75, 3.05) is 26.2 Å². The highest BCUT2D eigenvalue weighted by molar-refractivity contribution is 5.90. The molecule has 45 heavy (non-hydrogen) atoms. The van der Waals surface area contributed by atoms with Gasteiger partial charge in [-0.25, -0.2) is 13.6 Å². The summed E-state index contributed by atoms with van der Waals surface area (Å²) < 4.78 is 33.9. The van der Waals surface area contributed by atoms with E-state index < -0.39 is 59.2 Å². The molecular weight excluding hydrogens is 586 g/mol. The molecule has 0 saturated carbocycles. The van der Waals surface area contributed by atoms with E-state index in [0.717, 1.165) is 29.0 Å². The Hall–Kier alpha value is -4.06. The number of aliphatic hydroxyl groups excluding tert-OH is 1. The Balaban J connectivity index is 1.67. The number of hydrogen-bond donors (Lipinski definition) is 2. The van der Waals surface area contributed by atoms with Crippen LogP contribution < -0.4 is 5.32 Å². The van der Waals surface area contributed by atoms with Crippen LogP contribution in [-0.2, 0) is 32.1 Å². The van der Waals surface area contributed by atoms with Crippen molar-refractivity contribution < 1.29 is 37.8 Å². The third-order valence-electron chi connectivity index (χ3n) is 7.88. The molecule has 4 atom stereocenters. The smallest absolute Gasteiger partial charge is 0.411 e. The molecular formula is C33H42F2N4O6. The molecule has 2 saturated heterocycles. The number of benzene rings is 2. The van der Waals surface area contributed by atoms with Crippen molar-refractivity contribution in [3.8, 4) is 0 Å². The van der Waals surface area contributed by atoms with Crippen LogP contribution in [0.15, 0.2) is 48.5 Å². The fourth-order valence-corrected chi connectivity index (χ4v) is 5.81. The van der Waals surface area contributed by atoms with Gasteiger partial charge in [-0.3, -0.25) is 19.3 Å². The highest BCUT2D eigenvalue weighted by atomic mass is 19.1. The summed E-state index contributed by atoms with van der Waals surface area (Å²) in [6.07, 6.45) is -2.09. The molecule has 2 aromatic rings. The minimum Gasteiger partial charge on any atom is -0.444 e. The molecule has 12 heteroatoms. The molecule has 2 aromatic carbocycles. The van der Waals surface area contributed by atoms with E-state index in [4.69, 9.17) is 4.74 Å². The molecule has 2 heterocycles. The predicted molar refractivity (Wildman–Crippen MR) is 162 cm³/mol. The van der Waals surface area contributed by atoms with Gasteiger partial charge >= 0.3 is 6.09 Å². The first-order valence-electron chi connectivity index (χ1n) is 15.3. The summed E-state index contributed by atoms with van der Waals surface area (Å²) in [6.45, 7) is 8.05. The molecule has 2 N–H and O–H groups in total. The van der Waals surface area contributed by atoms with Gasteiger partial charge in [-0.05, 0) is 56.9 Å². The van der Waals surface area contributed by atoms with Crippen LogP contribution >= 0.6 is 0 Å². The zero-order valence-corrected chi connectivity index (χ0v) is 26.2. The van der Waals surface area contributed by atoms with E-state index in [9.17, 15) is 33.1 Å². The first-order chi connectivity index (χ1) is 21.3. The summed E-state index contributed by atoms with van der Waals surface area (Å²) in [5, 5.41) is 14.7. The molecule has 2 fully saturated rings. The number of amides is 4. The number of nitrogens with zero attached hydrogens (tertiary/aromatic N) is 3. The molecule has 2 unspecified atom stereocenters. The van der Waals surface area contributed by atoms with Gasteiger partial charge < -0.3 is 25.0 Å². The van der Waals surface area contributed by atoms with Crippen LogP contribution in [0.5, 0.6) is 0 Å². The Labute approximate surface area is 262 Å². The zero-order chi connectivity index (χ0) is 32.9. The summed E-state index contributed by atoms with van der Waals surface area (Å²) >= 11 is 0. The molecule has 244 valence electrons. The Morgan fingerprint density at radius 2 is 1.69 bits per heavy atom. The van der Waals surface area contributed by atoms with Gasteiger partial charge in [-0.2, -0.15) is 0 Å². The maximum Gasteiger partial charge on any atom is 0.411 e. The normalized spacial score (nSPS) is 20.3. The van der Waals surface area contributed by atoms with Gasteiger partial charge in [0, 0.05) is 45.2 Å². The molecule has 0 aliphatic carbocycles. The SMILES string of the molecule is CCCN1CC(C(=O)NC(Cc2cc(F)cc(F)c2)[C@H](O)[C@H]2C(=O)N(Cc3ccccc3)CCN2C(=O)OC(C)(C)C)CC1=O. The summed E-state index contributed by atoms with van der Waals surface area (Å²) in [6, 6.07) is 9.34. The third kappa shape index (κ3) is 8.78. The third-order valence-corrected chi connectivity index (χ3v) is 7.88. The van der Waals surface area contributed by atoms with Crippen LogP contribution in [0.3, 0.4) is 0 Å². The van der Waals surface area contributed by atoms with Gasteiger partial charge in [-0.15, -0.1) is 0 Å². The van der Waals surface area contributed by atoms with Gasteiger partial charge in [0.25, 0.3) is 0 Å². The van der Waals surface area contributed by atoms with Gasteiger partial charge in [-0.1, -0.05) is 37.3 Å². The Bertz CT molecular complexity index is 1360. The van der Waals surface area contributed by atoms with Gasteiger partial charge in [0.1, 0.15) is 29.4 Å². The Morgan fingerprint density at radius 3 is 2.31 bits per heavy atom. The Kier molecular flexibility index (Phi) is 10.8. The molecule has 2 aliphatic heterocycles. The highest BCUT2D eigenvalue weighted by Crippen LogP contribution is 2.25. The number of ether oxygens (including phenoxy) is 1. The van der Waals surface area contributed by atoms with Gasteiger partial charge in [0.05, 0.1) is 12.0 Å². The molecule has 0 bridgehead atoms. The molecule has 0 spiro atoms. The number of rotatable bonds is 10. The monoisotopic (exact) mass is 628 g/mol. The van der Waals surface area contributed by atoms with E-state index in [0.29, 0.717) is 12.6 Å². The van der Waals surface area contributed by atoms with Crippen molar-refractivity contribution in [2.24, 2.45) is 5.92 Å². The molecule has 0 radical (unpaired) electrons. The minimum absolute atomic E-state index is 0.0273. The predicted octanol–water partition coefficient (Wildman–Crippen LogP) is 3.26. The number of piperazine rings is 1. The lowest BCUT2D eigenvalue weighted by Gasteiger charge is -2.44. The van der Waals surface area contributed by atoms with Crippen LogP contribution in [0.2, 0.25) is 0 Å². The molecule has 10 nitrogen and oxygen atoms in total. The number of carbonyl (C=O) groups is 4. The molecule has 4 rings (SSSR count). The number of nitrogens with one attached hydrogen (secondary N) is 1. The number of carbonyl (C=O) groups excluding carboxylic acids is 4. The maximum atomic E-state index is 14.2. The Morgan fingerprint density at radius 1 is 1.02 bits per heavy atom. The van der Waals surface area contributed by atoms with E-state index in [-0.39, 0.29) is 50.5 Å². The lowest BCUT2D eigenvalue weighted by molar-refractivity contribution is -0.149. The highest BCUT2D eigenvalue weighted by Gasteiger charge is 2.47. The van der Waals surface area contributed by atoms with Crippen LogP contribution in [0.25, 0.3) is 0 Å². The van der Waals surface area contributed by atoms with Crippen molar-refractivity contribution in [1.82, 2.24) is 20.0 Å². The van der Waals surface area contributed by atoms with Crippen molar-refractivity contribution in [3.05, 3.63) is 71.3 Å². The number of likely N-dealkylation sites (tertiary alicyclic amines) is 1.